The van der Waals surface area contributed by atoms with E-state index in [1.165, 1.54) is 0 Å². The Labute approximate surface area is 210 Å². The third-order valence-electron chi connectivity index (χ3n) is 7.62. The van der Waals surface area contributed by atoms with E-state index in [9.17, 15) is 9.59 Å². The van der Waals surface area contributed by atoms with E-state index in [1.807, 2.05) is 18.2 Å². The second kappa shape index (κ2) is 10.7. The molecular formula is C26H36N8O2. The molecular weight excluding hydrogens is 456 g/mol. The molecule has 10 nitrogen and oxygen atoms in total. The average Bonchev–Trinajstić information content (AvgIpc) is 3.42. The normalized spacial score (nSPS) is 20.8. The number of aromatic amines is 2. The van der Waals surface area contributed by atoms with Gasteiger partial charge in [-0.3, -0.25) is 14.7 Å². The second-order valence-corrected chi connectivity index (χ2v) is 10.4. The molecule has 0 bridgehead atoms. The van der Waals surface area contributed by atoms with Crippen molar-refractivity contribution in [2.75, 3.05) is 18.8 Å². The van der Waals surface area contributed by atoms with Gasteiger partial charge in [0.15, 0.2) is 5.82 Å². The smallest absolute Gasteiger partial charge is 0.223 e. The Hall–Kier alpha value is -3.40. The van der Waals surface area contributed by atoms with Crippen LogP contribution in [0.5, 0.6) is 0 Å². The van der Waals surface area contributed by atoms with Gasteiger partial charge in [-0.1, -0.05) is 6.07 Å². The lowest BCUT2D eigenvalue weighted by Gasteiger charge is -2.28. The van der Waals surface area contributed by atoms with E-state index in [0.717, 1.165) is 60.7 Å². The largest absolute Gasteiger partial charge is 0.382 e. The van der Waals surface area contributed by atoms with Crippen molar-refractivity contribution in [3.8, 4) is 11.3 Å². The van der Waals surface area contributed by atoms with Crippen LogP contribution in [0, 0.1) is 17.8 Å². The summed E-state index contributed by atoms with van der Waals surface area (Å²) in [6.45, 7) is 1.16. The molecule has 2 heterocycles. The zero-order valence-electron chi connectivity index (χ0n) is 20.6. The maximum atomic E-state index is 13.2. The number of imidazole rings is 1. The zero-order chi connectivity index (χ0) is 25.1. The molecule has 0 aliphatic heterocycles. The Kier molecular flexibility index (Phi) is 7.22. The first-order chi connectivity index (χ1) is 17.5. The summed E-state index contributed by atoms with van der Waals surface area (Å²) in [6.07, 6.45) is 8.90. The second-order valence-electron chi connectivity index (χ2n) is 10.4. The van der Waals surface area contributed by atoms with Crippen LogP contribution in [0.4, 0.5) is 5.82 Å². The molecule has 1 atom stereocenters. The number of anilines is 1. The van der Waals surface area contributed by atoms with Gasteiger partial charge >= 0.3 is 0 Å². The Morgan fingerprint density at radius 3 is 2.64 bits per heavy atom. The minimum Gasteiger partial charge on any atom is -0.382 e. The predicted octanol–water partition coefficient (Wildman–Crippen LogP) is 2.76. The van der Waals surface area contributed by atoms with Gasteiger partial charge < -0.3 is 27.1 Å². The SMILES string of the molecule is NCC1CCC(C(=O)N[C@@H](CCNC(=O)CC2CC2)c2ncc(-c3ccc4c(N)n[nH]c4c3)[nH]2)CC1. The number of carbonyl (C=O) groups excluding carboxylic acids is 2. The van der Waals surface area contributed by atoms with Crippen LogP contribution in [0.25, 0.3) is 22.2 Å². The molecule has 0 spiro atoms. The van der Waals surface area contributed by atoms with Gasteiger partial charge in [0.05, 0.1) is 23.4 Å². The number of benzene rings is 1. The van der Waals surface area contributed by atoms with E-state index in [-0.39, 0.29) is 23.8 Å². The van der Waals surface area contributed by atoms with Crippen LogP contribution in [0.3, 0.4) is 0 Å². The molecule has 36 heavy (non-hydrogen) atoms. The summed E-state index contributed by atoms with van der Waals surface area (Å²) in [6, 6.07) is 5.53. The van der Waals surface area contributed by atoms with Crippen LogP contribution >= 0.6 is 0 Å². The summed E-state index contributed by atoms with van der Waals surface area (Å²) in [5.41, 5.74) is 14.3. The van der Waals surface area contributed by atoms with Crippen molar-refractivity contribution in [1.82, 2.24) is 30.8 Å². The van der Waals surface area contributed by atoms with Crippen LogP contribution in [0.15, 0.2) is 24.4 Å². The molecule has 2 aliphatic rings. The molecule has 0 radical (unpaired) electrons. The van der Waals surface area contributed by atoms with Crippen molar-refractivity contribution in [2.45, 2.75) is 57.4 Å². The van der Waals surface area contributed by atoms with Crippen LogP contribution in [-0.4, -0.2) is 45.1 Å². The van der Waals surface area contributed by atoms with Gasteiger partial charge in [-0.15, -0.1) is 0 Å². The summed E-state index contributed by atoms with van der Waals surface area (Å²) < 4.78 is 0. The third kappa shape index (κ3) is 5.70. The summed E-state index contributed by atoms with van der Waals surface area (Å²) in [5.74, 6) is 2.31. The molecule has 0 unspecified atom stereocenters. The first-order valence-electron chi connectivity index (χ1n) is 13.1. The minimum atomic E-state index is -0.328. The van der Waals surface area contributed by atoms with Crippen LogP contribution < -0.4 is 22.1 Å². The number of aromatic nitrogens is 4. The van der Waals surface area contributed by atoms with E-state index in [4.69, 9.17) is 11.5 Å². The maximum absolute atomic E-state index is 13.2. The molecule has 8 N–H and O–H groups in total. The number of fused-ring (bicyclic) bond motifs is 1. The van der Waals surface area contributed by atoms with E-state index >= 15 is 0 Å². The highest BCUT2D eigenvalue weighted by Crippen LogP contribution is 2.32. The number of carbonyl (C=O) groups is 2. The fraction of sp³-hybridized carbons (Fsp3) is 0.538. The van der Waals surface area contributed by atoms with Gasteiger partial charge in [0.25, 0.3) is 0 Å². The highest BCUT2D eigenvalue weighted by Gasteiger charge is 2.29. The van der Waals surface area contributed by atoms with E-state index in [0.29, 0.717) is 49.4 Å². The molecule has 2 saturated carbocycles. The van der Waals surface area contributed by atoms with Crippen molar-refractivity contribution in [2.24, 2.45) is 23.5 Å². The number of nitrogens with one attached hydrogen (secondary N) is 4. The Balaban J connectivity index is 1.28. The van der Waals surface area contributed by atoms with Gasteiger partial charge in [-0.25, -0.2) is 4.98 Å². The molecule has 3 aromatic rings. The van der Waals surface area contributed by atoms with Crippen molar-refractivity contribution in [3.05, 3.63) is 30.2 Å². The number of rotatable bonds is 10. The average molecular weight is 493 g/mol. The number of nitrogens with zero attached hydrogens (tertiary/aromatic N) is 2. The van der Waals surface area contributed by atoms with Crippen molar-refractivity contribution in [1.29, 1.82) is 0 Å². The lowest BCUT2D eigenvalue weighted by atomic mass is 9.81. The number of nitrogen functional groups attached to an aromatic ring is 1. The van der Waals surface area contributed by atoms with Crippen LogP contribution in [0.1, 0.15) is 63.2 Å². The molecule has 2 aliphatic carbocycles. The molecule has 10 heteroatoms. The Bertz CT molecular complexity index is 1210. The Morgan fingerprint density at radius 2 is 1.89 bits per heavy atom. The number of hydrogen-bond donors (Lipinski definition) is 6. The lowest BCUT2D eigenvalue weighted by Crippen LogP contribution is -2.38. The van der Waals surface area contributed by atoms with Gasteiger partial charge in [-0.2, -0.15) is 5.10 Å². The molecule has 192 valence electrons. The highest BCUT2D eigenvalue weighted by molar-refractivity contribution is 5.91. The highest BCUT2D eigenvalue weighted by atomic mass is 16.2. The molecule has 0 saturated heterocycles. The van der Waals surface area contributed by atoms with Crippen molar-refractivity contribution < 1.29 is 9.59 Å². The standard InChI is InChI=1S/C26H36N8O2/c27-13-16-3-5-17(6-4-16)26(36)32-20(9-10-29-23(35)11-15-1-2-15)25-30-14-22(31-25)18-7-8-19-21(12-18)33-34-24(19)28/h7-8,12,14-17,20H,1-6,9-11,13,27H2,(H,29,35)(H,30,31)(H,32,36)(H3,28,33,34)/t16?,17?,20-/m0/s1. The molecule has 2 fully saturated rings. The lowest BCUT2D eigenvalue weighted by molar-refractivity contribution is -0.127. The number of amides is 2. The number of nitrogens with two attached hydrogens (primary N) is 2. The number of hydrogen-bond acceptors (Lipinski definition) is 6. The molecule has 5 rings (SSSR count). The topological polar surface area (TPSA) is 168 Å². The first-order valence-corrected chi connectivity index (χ1v) is 13.1. The minimum absolute atomic E-state index is 0.0116. The predicted molar refractivity (Wildman–Crippen MR) is 138 cm³/mol. The van der Waals surface area contributed by atoms with Gasteiger partial charge in [0.2, 0.25) is 11.8 Å². The van der Waals surface area contributed by atoms with Crippen molar-refractivity contribution in [3.63, 3.8) is 0 Å². The first kappa shape index (κ1) is 24.3. The summed E-state index contributed by atoms with van der Waals surface area (Å²) in [5, 5.41) is 14.1. The van der Waals surface area contributed by atoms with Crippen LogP contribution in [-0.2, 0) is 9.59 Å². The summed E-state index contributed by atoms with van der Waals surface area (Å²) in [4.78, 5) is 33.3. The molecule has 2 aromatic heterocycles. The van der Waals surface area contributed by atoms with E-state index in [2.05, 4.69) is 30.8 Å². The van der Waals surface area contributed by atoms with Gasteiger partial charge in [0, 0.05) is 29.8 Å². The maximum Gasteiger partial charge on any atom is 0.223 e. The fourth-order valence-corrected chi connectivity index (χ4v) is 5.11. The zero-order valence-corrected chi connectivity index (χ0v) is 20.6. The molecule has 1 aromatic carbocycles. The van der Waals surface area contributed by atoms with Gasteiger partial charge in [-0.05, 0) is 75.5 Å². The third-order valence-corrected chi connectivity index (χ3v) is 7.62. The van der Waals surface area contributed by atoms with Gasteiger partial charge in [0.1, 0.15) is 5.82 Å². The number of H-pyrrole nitrogens is 2. The fourth-order valence-electron chi connectivity index (χ4n) is 5.11. The summed E-state index contributed by atoms with van der Waals surface area (Å²) in [7, 11) is 0. The van der Waals surface area contributed by atoms with Crippen molar-refractivity contribution >= 4 is 28.5 Å². The van der Waals surface area contributed by atoms with E-state index in [1.54, 1.807) is 6.20 Å². The quantitative estimate of drug-likeness (QED) is 0.254. The monoisotopic (exact) mass is 492 g/mol. The molecule has 2 amide bonds. The van der Waals surface area contributed by atoms with Crippen LogP contribution in [0.2, 0.25) is 0 Å². The Morgan fingerprint density at radius 1 is 1.11 bits per heavy atom. The summed E-state index contributed by atoms with van der Waals surface area (Å²) >= 11 is 0. The van der Waals surface area contributed by atoms with E-state index < -0.39 is 0 Å².